The zero-order valence-electron chi connectivity index (χ0n) is 9.47. The van der Waals surface area contributed by atoms with Crippen molar-refractivity contribution in [2.24, 2.45) is 11.7 Å². The molecule has 0 saturated heterocycles. The summed E-state index contributed by atoms with van der Waals surface area (Å²) in [5.74, 6) is -0.572. The second-order valence-corrected chi connectivity index (χ2v) is 5.04. The molecular formula is C12H14ClFN2O. The van der Waals surface area contributed by atoms with Crippen LogP contribution in [0.4, 0.5) is 10.1 Å². The van der Waals surface area contributed by atoms with Gasteiger partial charge in [0.15, 0.2) is 0 Å². The Morgan fingerprint density at radius 2 is 2.24 bits per heavy atom. The average molecular weight is 257 g/mol. The maximum absolute atomic E-state index is 13.0. The lowest BCUT2D eigenvalue weighted by molar-refractivity contribution is -0.121. The van der Waals surface area contributed by atoms with E-state index in [-0.39, 0.29) is 17.5 Å². The Morgan fingerprint density at radius 3 is 2.82 bits per heavy atom. The molecule has 1 amide bonds. The molecule has 1 unspecified atom stereocenters. The van der Waals surface area contributed by atoms with E-state index in [1.807, 2.05) is 0 Å². The summed E-state index contributed by atoms with van der Waals surface area (Å²) in [5, 5.41) is 2.87. The molecule has 0 bridgehead atoms. The summed E-state index contributed by atoms with van der Waals surface area (Å²) in [6.45, 7) is 1.69. The fraction of sp³-hybridized carbons (Fsp3) is 0.417. The molecule has 1 aromatic carbocycles. The molecule has 3 N–H and O–H groups in total. The minimum Gasteiger partial charge on any atom is -0.323 e. The molecule has 1 saturated carbocycles. The van der Waals surface area contributed by atoms with Gasteiger partial charge in [-0.3, -0.25) is 4.79 Å². The van der Waals surface area contributed by atoms with E-state index in [0.29, 0.717) is 5.02 Å². The van der Waals surface area contributed by atoms with Gasteiger partial charge in [0.2, 0.25) is 5.91 Å². The van der Waals surface area contributed by atoms with Crippen LogP contribution in [0, 0.1) is 11.7 Å². The van der Waals surface area contributed by atoms with Gasteiger partial charge in [-0.05, 0) is 43.9 Å². The number of halogens is 2. The zero-order chi connectivity index (χ0) is 12.6. The Bertz CT molecular complexity index is 458. The summed E-state index contributed by atoms with van der Waals surface area (Å²) >= 11 is 5.86. The quantitative estimate of drug-likeness (QED) is 0.873. The van der Waals surface area contributed by atoms with Crippen molar-refractivity contribution >= 4 is 23.2 Å². The van der Waals surface area contributed by atoms with Crippen molar-refractivity contribution in [3.63, 3.8) is 0 Å². The minimum atomic E-state index is -0.921. The van der Waals surface area contributed by atoms with E-state index in [9.17, 15) is 9.18 Å². The second-order valence-electron chi connectivity index (χ2n) is 4.64. The number of rotatable bonds is 3. The first-order valence-electron chi connectivity index (χ1n) is 5.46. The van der Waals surface area contributed by atoms with E-state index < -0.39 is 11.4 Å². The third-order valence-corrected chi connectivity index (χ3v) is 3.42. The highest BCUT2D eigenvalue weighted by molar-refractivity contribution is 6.33. The van der Waals surface area contributed by atoms with Gasteiger partial charge < -0.3 is 11.1 Å². The monoisotopic (exact) mass is 256 g/mol. The van der Waals surface area contributed by atoms with Crippen molar-refractivity contribution in [3.05, 3.63) is 29.0 Å². The third kappa shape index (κ3) is 2.58. The largest absolute Gasteiger partial charge is 0.323 e. The smallest absolute Gasteiger partial charge is 0.244 e. The molecule has 0 aliphatic heterocycles. The number of benzene rings is 1. The second kappa shape index (κ2) is 4.27. The number of carbonyl (C=O) groups is 1. The number of nitrogens with one attached hydrogen (secondary N) is 1. The highest BCUT2D eigenvalue weighted by atomic mass is 35.5. The van der Waals surface area contributed by atoms with Crippen molar-refractivity contribution in [2.45, 2.75) is 25.3 Å². The molecule has 0 heterocycles. The van der Waals surface area contributed by atoms with E-state index in [0.717, 1.165) is 12.8 Å². The van der Waals surface area contributed by atoms with Crippen LogP contribution < -0.4 is 11.1 Å². The van der Waals surface area contributed by atoms with E-state index in [4.69, 9.17) is 17.3 Å². The molecule has 92 valence electrons. The van der Waals surface area contributed by atoms with Crippen molar-refractivity contribution in [1.29, 1.82) is 0 Å². The van der Waals surface area contributed by atoms with Crippen LogP contribution >= 0.6 is 11.6 Å². The van der Waals surface area contributed by atoms with Crippen molar-refractivity contribution in [2.75, 3.05) is 5.32 Å². The van der Waals surface area contributed by atoms with Crippen LogP contribution in [0.15, 0.2) is 18.2 Å². The number of carbonyl (C=O) groups excluding carboxylic acids is 1. The molecule has 1 atom stereocenters. The lowest BCUT2D eigenvalue weighted by Gasteiger charge is -2.23. The lowest BCUT2D eigenvalue weighted by atomic mass is 9.96. The summed E-state index contributed by atoms with van der Waals surface area (Å²) in [6.07, 6.45) is 1.91. The Morgan fingerprint density at radius 1 is 1.59 bits per heavy atom. The first kappa shape index (κ1) is 12.3. The molecular weight excluding hydrogens is 243 g/mol. The number of amides is 1. The predicted molar refractivity (Wildman–Crippen MR) is 65.4 cm³/mol. The van der Waals surface area contributed by atoms with E-state index in [1.54, 1.807) is 6.92 Å². The minimum absolute atomic E-state index is 0.204. The summed E-state index contributed by atoms with van der Waals surface area (Å²) in [5.41, 5.74) is 5.29. The van der Waals surface area contributed by atoms with Gasteiger partial charge in [0.05, 0.1) is 16.2 Å². The number of anilines is 1. The topological polar surface area (TPSA) is 55.1 Å². The summed E-state index contributed by atoms with van der Waals surface area (Å²) in [6, 6.07) is 3.82. The first-order valence-corrected chi connectivity index (χ1v) is 5.84. The maximum Gasteiger partial charge on any atom is 0.244 e. The molecule has 0 spiro atoms. The Balaban J connectivity index is 2.15. The zero-order valence-corrected chi connectivity index (χ0v) is 10.2. The van der Waals surface area contributed by atoms with Crippen molar-refractivity contribution in [3.8, 4) is 0 Å². The van der Waals surface area contributed by atoms with Crippen LogP contribution in [0.3, 0.4) is 0 Å². The van der Waals surface area contributed by atoms with Crippen LogP contribution in [0.1, 0.15) is 19.8 Å². The van der Waals surface area contributed by atoms with Crippen LogP contribution in [-0.4, -0.2) is 11.4 Å². The van der Waals surface area contributed by atoms with Gasteiger partial charge in [0.25, 0.3) is 0 Å². The fourth-order valence-corrected chi connectivity index (χ4v) is 1.88. The Hall–Kier alpha value is -1.13. The van der Waals surface area contributed by atoms with Crippen molar-refractivity contribution in [1.82, 2.24) is 0 Å². The molecule has 1 fully saturated rings. The highest BCUT2D eigenvalue weighted by Gasteiger charge is 2.44. The Kier molecular flexibility index (Phi) is 3.10. The van der Waals surface area contributed by atoms with Gasteiger partial charge >= 0.3 is 0 Å². The van der Waals surface area contributed by atoms with Gasteiger partial charge in [0, 0.05) is 0 Å². The molecule has 1 aromatic rings. The fourth-order valence-electron chi connectivity index (χ4n) is 1.72. The summed E-state index contributed by atoms with van der Waals surface area (Å²) in [4.78, 5) is 12.0. The first-order chi connectivity index (χ1) is 7.91. The summed E-state index contributed by atoms with van der Waals surface area (Å²) < 4.78 is 13.0. The van der Waals surface area contributed by atoms with Crippen LogP contribution in [0.2, 0.25) is 5.02 Å². The standard InChI is InChI=1S/C12H14ClFN2O/c1-12(15,7-2-3-7)11(17)16-10-6-8(14)4-5-9(10)13/h4-7H,2-3,15H2,1H3,(H,16,17). The molecule has 3 nitrogen and oxygen atoms in total. The van der Waals surface area contributed by atoms with Gasteiger partial charge in [-0.1, -0.05) is 11.6 Å². The van der Waals surface area contributed by atoms with Crippen LogP contribution in [0.25, 0.3) is 0 Å². The third-order valence-electron chi connectivity index (χ3n) is 3.09. The lowest BCUT2D eigenvalue weighted by Crippen LogP contribution is -2.50. The molecule has 2 rings (SSSR count). The predicted octanol–water partition coefficient (Wildman–Crippen LogP) is 2.55. The van der Waals surface area contributed by atoms with Crippen molar-refractivity contribution < 1.29 is 9.18 Å². The van der Waals surface area contributed by atoms with E-state index in [1.165, 1.54) is 18.2 Å². The normalized spacial score (nSPS) is 18.6. The molecule has 5 heteroatoms. The van der Waals surface area contributed by atoms with Gasteiger partial charge in [-0.2, -0.15) is 0 Å². The number of hydrogen-bond acceptors (Lipinski definition) is 2. The van der Waals surface area contributed by atoms with E-state index >= 15 is 0 Å². The van der Waals surface area contributed by atoms with Gasteiger partial charge in [-0.25, -0.2) is 4.39 Å². The number of hydrogen-bond donors (Lipinski definition) is 2. The molecule has 0 radical (unpaired) electrons. The maximum atomic E-state index is 13.0. The van der Waals surface area contributed by atoms with Gasteiger partial charge in [0.1, 0.15) is 5.82 Å². The molecule has 0 aromatic heterocycles. The van der Waals surface area contributed by atoms with Gasteiger partial charge in [-0.15, -0.1) is 0 Å². The van der Waals surface area contributed by atoms with Crippen LogP contribution in [-0.2, 0) is 4.79 Å². The highest BCUT2D eigenvalue weighted by Crippen LogP contribution is 2.38. The molecule has 1 aliphatic carbocycles. The number of nitrogens with two attached hydrogens (primary N) is 1. The average Bonchev–Trinajstić information content (AvgIpc) is 3.07. The summed E-state index contributed by atoms with van der Waals surface area (Å²) in [7, 11) is 0. The molecule has 17 heavy (non-hydrogen) atoms. The van der Waals surface area contributed by atoms with Crippen LogP contribution in [0.5, 0.6) is 0 Å². The van der Waals surface area contributed by atoms with E-state index in [2.05, 4.69) is 5.32 Å². The SMILES string of the molecule is CC(N)(C(=O)Nc1cc(F)ccc1Cl)C1CC1. The Labute approximate surface area is 104 Å². The molecule has 1 aliphatic rings.